The van der Waals surface area contributed by atoms with Crippen molar-refractivity contribution in [1.29, 1.82) is 0 Å². The molecular formula is C19H21N5O. The highest BCUT2D eigenvalue weighted by Crippen LogP contribution is 2.31. The van der Waals surface area contributed by atoms with Crippen LogP contribution in [0.15, 0.2) is 53.5 Å². The smallest absolute Gasteiger partial charge is 0.160 e. The van der Waals surface area contributed by atoms with E-state index in [1.807, 2.05) is 49.0 Å². The Labute approximate surface area is 146 Å². The molecule has 3 N–H and O–H groups in total. The van der Waals surface area contributed by atoms with Gasteiger partial charge in [-0.15, -0.1) is 0 Å². The van der Waals surface area contributed by atoms with Gasteiger partial charge < -0.3 is 15.8 Å². The molecule has 0 amide bonds. The Morgan fingerprint density at radius 3 is 2.88 bits per heavy atom. The molecule has 0 spiro atoms. The first-order valence-electron chi connectivity index (χ1n) is 8.26. The third-order valence-corrected chi connectivity index (χ3v) is 4.53. The first kappa shape index (κ1) is 15.7. The third-order valence-electron chi connectivity index (χ3n) is 4.53. The quantitative estimate of drug-likeness (QED) is 0.771. The minimum absolute atomic E-state index is 0.396. The van der Waals surface area contributed by atoms with Gasteiger partial charge in [-0.25, -0.2) is 0 Å². The molecular weight excluding hydrogens is 314 g/mol. The fourth-order valence-electron chi connectivity index (χ4n) is 3.26. The molecule has 1 aliphatic rings. The Hall–Kier alpha value is -2.86. The Bertz CT molecular complexity index is 961. The molecule has 0 bridgehead atoms. The number of ether oxygens (including phenoxy) is 1. The van der Waals surface area contributed by atoms with E-state index < -0.39 is 5.54 Å². The zero-order valence-electron chi connectivity index (χ0n) is 14.4. The lowest BCUT2D eigenvalue weighted by Crippen LogP contribution is -2.37. The predicted molar refractivity (Wildman–Crippen MR) is 100 cm³/mol. The van der Waals surface area contributed by atoms with Crippen LogP contribution in [0.2, 0.25) is 0 Å². The first-order chi connectivity index (χ1) is 12.0. The summed E-state index contributed by atoms with van der Waals surface area (Å²) in [6.07, 6.45) is 0. The van der Waals surface area contributed by atoms with Gasteiger partial charge >= 0.3 is 0 Å². The number of amidine groups is 1. The van der Waals surface area contributed by atoms with Crippen molar-refractivity contribution < 1.29 is 4.74 Å². The van der Waals surface area contributed by atoms with Gasteiger partial charge in [0.15, 0.2) is 5.82 Å². The van der Waals surface area contributed by atoms with Crippen molar-refractivity contribution in [3.8, 4) is 0 Å². The number of fused-ring (bicyclic) bond motifs is 1. The lowest BCUT2D eigenvalue weighted by molar-refractivity contribution is 0.106. The van der Waals surface area contributed by atoms with Gasteiger partial charge in [0.1, 0.15) is 18.0 Å². The van der Waals surface area contributed by atoms with Crippen molar-refractivity contribution in [1.82, 2.24) is 9.78 Å². The van der Waals surface area contributed by atoms with E-state index in [0.717, 1.165) is 28.0 Å². The molecule has 128 valence electrons. The molecule has 1 atom stereocenters. The van der Waals surface area contributed by atoms with Gasteiger partial charge in [-0.3, -0.25) is 9.67 Å². The standard InChI is InChI=1S/C19H21N5O/c1-19(12-25-11-17(20)22-19)13-6-5-7-14(10-13)21-18-15-8-3-4-9-16(15)24(2)23-18/h3-10H,11-12H2,1-2H3,(H2,20,22)(H,21,23). The summed E-state index contributed by atoms with van der Waals surface area (Å²) >= 11 is 0. The van der Waals surface area contributed by atoms with E-state index in [1.165, 1.54) is 0 Å². The van der Waals surface area contributed by atoms with Crippen molar-refractivity contribution in [2.75, 3.05) is 18.5 Å². The maximum atomic E-state index is 5.87. The number of benzene rings is 2. The molecule has 0 aliphatic carbocycles. The van der Waals surface area contributed by atoms with Crippen LogP contribution in [0.1, 0.15) is 12.5 Å². The summed E-state index contributed by atoms with van der Waals surface area (Å²) in [4.78, 5) is 4.61. The maximum absolute atomic E-state index is 5.87. The lowest BCUT2D eigenvalue weighted by Gasteiger charge is -2.30. The Morgan fingerprint density at radius 2 is 2.04 bits per heavy atom. The van der Waals surface area contributed by atoms with Gasteiger partial charge in [0, 0.05) is 18.1 Å². The topological polar surface area (TPSA) is 77.5 Å². The SMILES string of the molecule is Cn1nc(Nc2cccc(C3(C)COCC(N)=N3)c2)c2ccccc21. The number of para-hydroxylation sites is 1. The summed E-state index contributed by atoms with van der Waals surface area (Å²) in [5.41, 5.74) is 8.51. The molecule has 6 heteroatoms. The fraction of sp³-hybridized carbons (Fsp3) is 0.263. The van der Waals surface area contributed by atoms with Gasteiger partial charge in [-0.1, -0.05) is 24.3 Å². The summed E-state index contributed by atoms with van der Waals surface area (Å²) < 4.78 is 7.46. The number of hydrogen-bond acceptors (Lipinski definition) is 5. The zero-order valence-corrected chi connectivity index (χ0v) is 14.4. The molecule has 2 heterocycles. The van der Waals surface area contributed by atoms with E-state index in [9.17, 15) is 0 Å². The minimum atomic E-state index is -0.466. The van der Waals surface area contributed by atoms with E-state index in [-0.39, 0.29) is 0 Å². The monoisotopic (exact) mass is 335 g/mol. The molecule has 0 saturated heterocycles. The molecule has 1 aliphatic heterocycles. The second-order valence-corrected chi connectivity index (χ2v) is 6.56. The molecule has 0 saturated carbocycles. The molecule has 4 rings (SSSR count). The number of anilines is 2. The second kappa shape index (κ2) is 5.89. The molecule has 25 heavy (non-hydrogen) atoms. The summed E-state index contributed by atoms with van der Waals surface area (Å²) in [6.45, 7) is 2.95. The van der Waals surface area contributed by atoms with Crippen molar-refractivity contribution >= 4 is 28.2 Å². The summed E-state index contributed by atoms with van der Waals surface area (Å²) in [6, 6.07) is 16.3. The normalized spacial score (nSPS) is 20.5. The van der Waals surface area contributed by atoms with Crippen molar-refractivity contribution in [2.24, 2.45) is 17.8 Å². The van der Waals surface area contributed by atoms with Crippen LogP contribution in [0.4, 0.5) is 11.5 Å². The molecule has 2 aromatic carbocycles. The van der Waals surface area contributed by atoms with E-state index >= 15 is 0 Å². The van der Waals surface area contributed by atoms with Gasteiger partial charge in [-0.2, -0.15) is 5.10 Å². The summed E-state index contributed by atoms with van der Waals surface area (Å²) in [5, 5.41) is 9.10. The van der Waals surface area contributed by atoms with E-state index in [1.54, 1.807) is 0 Å². The van der Waals surface area contributed by atoms with Crippen molar-refractivity contribution in [3.63, 3.8) is 0 Å². The number of rotatable bonds is 3. The highest BCUT2D eigenvalue weighted by atomic mass is 16.5. The minimum Gasteiger partial charge on any atom is -0.386 e. The lowest BCUT2D eigenvalue weighted by atomic mass is 9.92. The average Bonchev–Trinajstić information content (AvgIpc) is 2.91. The Morgan fingerprint density at radius 1 is 1.20 bits per heavy atom. The van der Waals surface area contributed by atoms with Crippen LogP contribution in [-0.4, -0.2) is 28.8 Å². The van der Waals surface area contributed by atoms with Crippen LogP contribution in [0, 0.1) is 0 Å². The molecule has 1 aromatic heterocycles. The van der Waals surface area contributed by atoms with Gasteiger partial charge in [0.25, 0.3) is 0 Å². The summed E-state index contributed by atoms with van der Waals surface area (Å²) in [5.74, 6) is 1.37. The number of nitrogens with two attached hydrogens (primary N) is 1. The first-order valence-corrected chi connectivity index (χ1v) is 8.26. The Kier molecular flexibility index (Phi) is 3.69. The van der Waals surface area contributed by atoms with Crippen LogP contribution < -0.4 is 11.1 Å². The molecule has 3 aromatic rings. The van der Waals surface area contributed by atoms with Crippen molar-refractivity contribution in [3.05, 3.63) is 54.1 Å². The fourth-order valence-corrected chi connectivity index (χ4v) is 3.26. The summed E-state index contributed by atoms with van der Waals surface area (Å²) in [7, 11) is 1.95. The molecule has 6 nitrogen and oxygen atoms in total. The number of aliphatic imine (C=N–C) groups is 1. The third kappa shape index (κ3) is 2.85. The van der Waals surface area contributed by atoms with Crippen molar-refractivity contribution in [2.45, 2.75) is 12.5 Å². The second-order valence-electron chi connectivity index (χ2n) is 6.56. The van der Waals surface area contributed by atoms with Gasteiger partial charge in [0.2, 0.25) is 0 Å². The van der Waals surface area contributed by atoms with Crippen LogP contribution in [0.3, 0.4) is 0 Å². The number of nitrogens with one attached hydrogen (secondary N) is 1. The number of nitrogens with zero attached hydrogens (tertiary/aromatic N) is 3. The zero-order chi connectivity index (χ0) is 17.4. The van der Waals surface area contributed by atoms with Gasteiger partial charge in [0.05, 0.1) is 12.1 Å². The molecule has 0 fully saturated rings. The Balaban J connectivity index is 1.69. The van der Waals surface area contributed by atoms with Crippen LogP contribution in [0.25, 0.3) is 10.9 Å². The van der Waals surface area contributed by atoms with Crippen LogP contribution >= 0.6 is 0 Å². The van der Waals surface area contributed by atoms with E-state index in [2.05, 4.69) is 33.6 Å². The number of aryl methyl sites for hydroxylation is 1. The highest BCUT2D eigenvalue weighted by Gasteiger charge is 2.30. The van der Waals surface area contributed by atoms with E-state index in [4.69, 9.17) is 10.5 Å². The van der Waals surface area contributed by atoms with E-state index in [0.29, 0.717) is 19.0 Å². The average molecular weight is 335 g/mol. The number of aromatic nitrogens is 2. The van der Waals surface area contributed by atoms with Crippen LogP contribution in [-0.2, 0) is 17.3 Å². The molecule has 1 unspecified atom stereocenters. The largest absolute Gasteiger partial charge is 0.386 e. The van der Waals surface area contributed by atoms with Gasteiger partial charge in [-0.05, 0) is 36.8 Å². The number of hydrogen-bond donors (Lipinski definition) is 2. The van der Waals surface area contributed by atoms with Crippen LogP contribution in [0.5, 0.6) is 0 Å². The predicted octanol–water partition coefficient (Wildman–Crippen LogP) is 2.92. The maximum Gasteiger partial charge on any atom is 0.160 e. The molecule has 0 radical (unpaired) electrons. The highest BCUT2D eigenvalue weighted by molar-refractivity contribution is 5.91.